The third kappa shape index (κ3) is 17.2. The van der Waals surface area contributed by atoms with E-state index in [1.807, 2.05) is 0 Å². The molecule has 0 bridgehead atoms. The minimum absolute atomic E-state index is 0.972. The lowest BCUT2D eigenvalue weighted by molar-refractivity contribution is -0.697. The highest BCUT2D eigenvalue weighted by Gasteiger charge is 2.02. The summed E-state index contributed by atoms with van der Waals surface area (Å²) < 4.78 is 2.38. The van der Waals surface area contributed by atoms with Crippen molar-refractivity contribution in [1.82, 2.24) is 0 Å². The van der Waals surface area contributed by atoms with Gasteiger partial charge < -0.3 is 9.90 Å². The van der Waals surface area contributed by atoms with Gasteiger partial charge in [-0.15, -0.1) is 0 Å². The summed E-state index contributed by atoms with van der Waals surface area (Å²) in [5, 5.41) is 8.89. The van der Waals surface area contributed by atoms with E-state index >= 15 is 0 Å². The molecule has 0 unspecified atom stereocenters. The zero-order chi connectivity index (χ0) is 18.8. The standard InChI is InChI=1S/C20H36N.C2H4O2/c1-3-5-7-8-9-10-11-12-13-17-21-18-14-16-20(19-21)15-6-4-2;1-2(3)4/h14,16,18-19H,3-13,15,17H2,1-2H3;1H3,(H,3,4)/q+1;/p-1. The van der Waals surface area contributed by atoms with Crippen LogP contribution in [0.5, 0.6) is 0 Å². The number of carboxylic acids is 1. The Hall–Kier alpha value is -1.38. The first-order valence-electron chi connectivity index (χ1n) is 10.3. The lowest BCUT2D eigenvalue weighted by Gasteiger charge is -2.02. The van der Waals surface area contributed by atoms with Crippen LogP contribution >= 0.6 is 0 Å². The van der Waals surface area contributed by atoms with E-state index in [9.17, 15) is 0 Å². The fraction of sp³-hybridized carbons (Fsp3) is 0.727. The van der Waals surface area contributed by atoms with Gasteiger partial charge in [-0.05, 0) is 32.3 Å². The van der Waals surface area contributed by atoms with Gasteiger partial charge in [-0.3, -0.25) is 0 Å². The lowest BCUT2D eigenvalue weighted by atomic mass is 10.1. The van der Waals surface area contributed by atoms with Crippen LogP contribution in [0, 0.1) is 0 Å². The van der Waals surface area contributed by atoms with E-state index < -0.39 is 5.97 Å². The number of carbonyl (C=O) groups excluding carboxylic acids is 1. The smallest absolute Gasteiger partial charge is 0.171 e. The third-order valence-electron chi connectivity index (χ3n) is 4.26. The summed E-state index contributed by atoms with van der Waals surface area (Å²) in [6.07, 6.45) is 21.1. The van der Waals surface area contributed by atoms with Gasteiger partial charge in [-0.1, -0.05) is 65.2 Å². The van der Waals surface area contributed by atoms with E-state index in [0.717, 1.165) is 6.92 Å². The number of nitrogens with zero attached hydrogens (tertiary/aromatic N) is 1. The van der Waals surface area contributed by atoms with Gasteiger partial charge in [0.2, 0.25) is 0 Å². The van der Waals surface area contributed by atoms with Crippen LogP contribution in [-0.4, -0.2) is 5.97 Å². The van der Waals surface area contributed by atoms with Crippen LogP contribution in [-0.2, 0) is 17.8 Å². The van der Waals surface area contributed by atoms with Crippen LogP contribution in [0.3, 0.4) is 0 Å². The van der Waals surface area contributed by atoms with Crippen molar-refractivity contribution in [3.8, 4) is 0 Å². The molecule has 0 amide bonds. The second kappa shape index (κ2) is 17.4. The molecule has 0 radical (unpaired) electrons. The van der Waals surface area contributed by atoms with E-state index in [1.54, 1.807) is 0 Å². The van der Waals surface area contributed by atoms with Crippen molar-refractivity contribution in [3.05, 3.63) is 30.1 Å². The lowest BCUT2D eigenvalue weighted by Crippen LogP contribution is -2.33. The predicted octanol–water partition coefficient (Wildman–Crippen LogP) is 4.60. The van der Waals surface area contributed by atoms with Gasteiger partial charge >= 0.3 is 0 Å². The van der Waals surface area contributed by atoms with E-state index in [1.165, 1.54) is 89.2 Å². The van der Waals surface area contributed by atoms with Gasteiger partial charge in [-0.2, -0.15) is 0 Å². The van der Waals surface area contributed by atoms with Crippen molar-refractivity contribution in [1.29, 1.82) is 0 Å². The Morgan fingerprint density at radius 2 is 1.44 bits per heavy atom. The quantitative estimate of drug-likeness (QED) is 0.386. The first-order chi connectivity index (χ1) is 12.1. The number of carboxylic acid groups (broad SMARTS) is 1. The van der Waals surface area contributed by atoms with E-state index in [-0.39, 0.29) is 0 Å². The Morgan fingerprint density at radius 3 is 2.00 bits per heavy atom. The largest absolute Gasteiger partial charge is 0.550 e. The molecule has 0 aromatic carbocycles. The molecule has 0 N–H and O–H groups in total. The third-order valence-corrected chi connectivity index (χ3v) is 4.26. The maximum atomic E-state index is 8.89. The summed E-state index contributed by atoms with van der Waals surface area (Å²) in [7, 11) is 0. The average Bonchev–Trinajstić information content (AvgIpc) is 2.58. The van der Waals surface area contributed by atoms with Crippen molar-refractivity contribution in [3.63, 3.8) is 0 Å². The molecule has 3 heteroatoms. The molecule has 0 aliphatic rings. The molecule has 25 heavy (non-hydrogen) atoms. The summed E-state index contributed by atoms with van der Waals surface area (Å²) in [5.74, 6) is -1.08. The molecule has 1 aromatic rings. The number of hydrogen-bond acceptors (Lipinski definition) is 2. The topological polar surface area (TPSA) is 44.0 Å². The molecular formula is C22H39NO2. The van der Waals surface area contributed by atoms with Crippen LogP contribution in [0.25, 0.3) is 0 Å². The predicted molar refractivity (Wildman–Crippen MR) is 103 cm³/mol. The van der Waals surface area contributed by atoms with Gasteiger partial charge in [-0.25, -0.2) is 4.57 Å². The van der Waals surface area contributed by atoms with E-state index in [0.29, 0.717) is 0 Å². The molecule has 3 nitrogen and oxygen atoms in total. The molecule has 0 spiro atoms. The number of hydrogen-bond donors (Lipinski definition) is 0. The Morgan fingerprint density at radius 1 is 0.920 bits per heavy atom. The van der Waals surface area contributed by atoms with Gasteiger partial charge in [0.05, 0.1) is 0 Å². The zero-order valence-electron chi connectivity index (χ0n) is 16.8. The number of aliphatic carboxylic acids is 1. The van der Waals surface area contributed by atoms with Gasteiger partial charge in [0.15, 0.2) is 12.4 Å². The number of rotatable bonds is 13. The Kier molecular flexibility index (Phi) is 16.5. The first kappa shape index (κ1) is 23.6. The van der Waals surface area contributed by atoms with Crippen LogP contribution in [0.1, 0.15) is 97.0 Å². The molecule has 0 fully saturated rings. The van der Waals surface area contributed by atoms with Gasteiger partial charge in [0, 0.05) is 24.0 Å². The number of aromatic nitrogens is 1. The normalized spacial score (nSPS) is 10.2. The molecule has 1 aromatic heterocycles. The maximum Gasteiger partial charge on any atom is 0.171 e. The van der Waals surface area contributed by atoms with E-state index in [4.69, 9.17) is 9.90 Å². The number of carbonyl (C=O) groups is 1. The number of aryl methyl sites for hydroxylation is 2. The fourth-order valence-electron chi connectivity index (χ4n) is 2.85. The SMILES string of the molecule is CC(=O)[O-].CCCCCCCCCCC[n+]1cccc(CCCC)c1. The van der Waals surface area contributed by atoms with Crippen molar-refractivity contribution in [2.24, 2.45) is 0 Å². The fourth-order valence-corrected chi connectivity index (χ4v) is 2.85. The summed E-state index contributed by atoms with van der Waals surface area (Å²) in [6.45, 7) is 6.71. The molecule has 144 valence electrons. The van der Waals surface area contributed by atoms with Crippen molar-refractivity contribution >= 4 is 5.97 Å². The van der Waals surface area contributed by atoms with Crippen LogP contribution in [0.4, 0.5) is 0 Å². The molecule has 1 rings (SSSR count). The Labute approximate surface area is 155 Å². The number of unbranched alkanes of at least 4 members (excludes halogenated alkanes) is 9. The highest BCUT2D eigenvalue weighted by molar-refractivity contribution is 5.60. The number of pyridine rings is 1. The summed E-state index contributed by atoms with van der Waals surface area (Å²) in [5.41, 5.74) is 1.50. The zero-order valence-corrected chi connectivity index (χ0v) is 16.8. The molecular weight excluding hydrogens is 310 g/mol. The minimum Gasteiger partial charge on any atom is -0.550 e. The summed E-state index contributed by atoms with van der Waals surface area (Å²) in [6, 6.07) is 4.47. The minimum atomic E-state index is -1.08. The second-order valence-corrected chi connectivity index (χ2v) is 6.87. The van der Waals surface area contributed by atoms with Crippen molar-refractivity contribution < 1.29 is 14.5 Å². The second-order valence-electron chi connectivity index (χ2n) is 6.87. The van der Waals surface area contributed by atoms with Crippen molar-refractivity contribution in [2.45, 2.75) is 104 Å². The monoisotopic (exact) mass is 349 g/mol. The summed E-state index contributed by atoms with van der Waals surface area (Å²) in [4.78, 5) is 8.89. The molecule has 0 aliphatic carbocycles. The molecule has 0 atom stereocenters. The molecule has 1 heterocycles. The van der Waals surface area contributed by atoms with Crippen LogP contribution in [0.2, 0.25) is 0 Å². The Balaban J connectivity index is 0.00000129. The molecule has 0 saturated heterocycles. The molecule has 0 saturated carbocycles. The van der Waals surface area contributed by atoms with Crippen LogP contribution in [0.15, 0.2) is 24.5 Å². The van der Waals surface area contributed by atoms with Gasteiger partial charge in [0.1, 0.15) is 6.54 Å². The average molecular weight is 350 g/mol. The Bertz CT molecular complexity index is 428. The molecule has 0 aliphatic heterocycles. The van der Waals surface area contributed by atoms with Crippen molar-refractivity contribution in [2.75, 3.05) is 0 Å². The van der Waals surface area contributed by atoms with Gasteiger partial charge in [0.25, 0.3) is 0 Å². The summed E-state index contributed by atoms with van der Waals surface area (Å²) >= 11 is 0. The van der Waals surface area contributed by atoms with Crippen LogP contribution < -0.4 is 9.67 Å². The first-order valence-corrected chi connectivity index (χ1v) is 10.3. The highest BCUT2D eigenvalue weighted by Crippen LogP contribution is 2.09. The highest BCUT2D eigenvalue weighted by atomic mass is 16.4. The maximum absolute atomic E-state index is 8.89. The van der Waals surface area contributed by atoms with E-state index in [2.05, 4.69) is 42.9 Å².